The van der Waals surface area contributed by atoms with E-state index < -0.39 is 11.7 Å². The van der Waals surface area contributed by atoms with Gasteiger partial charge < -0.3 is 10.1 Å². The molecule has 1 aromatic rings. The van der Waals surface area contributed by atoms with Gasteiger partial charge in [-0.05, 0) is 34.1 Å². The quantitative estimate of drug-likeness (QED) is 0.900. The molecule has 0 amide bonds. The van der Waals surface area contributed by atoms with Crippen LogP contribution >= 0.6 is 15.9 Å². The Balaban J connectivity index is 1.91. The SMILES string of the molecule is FC(F)(F)c1ccc(Br)c(NCCN2CCOCC2)c1. The smallest absolute Gasteiger partial charge is 0.383 e. The van der Waals surface area contributed by atoms with Gasteiger partial charge in [-0.2, -0.15) is 13.2 Å². The number of rotatable bonds is 4. The van der Waals surface area contributed by atoms with Gasteiger partial charge in [-0.15, -0.1) is 0 Å². The van der Waals surface area contributed by atoms with Crippen molar-refractivity contribution in [1.29, 1.82) is 0 Å². The zero-order valence-electron chi connectivity index (χ0n) is 10.8. The Morgan fingerprint density at radius 2 is 1.95 bits per heavy atom. The monoisotopic (exact) mass is 352 g/mol. The third kappa shape index (κ3) is 4.36. The second kappa shape index (κ2) is 6.78. The first-order chi connectivity index (χ1) is 9.47. The van der Waals surface area contributed by atoms with Crippen LogP contribution in [0.2, 0.25) is 0 Å². The fourth-order valence-electron chi connectivity index (χ4n) is 2.01. The molecule has 0 radical (unpaired) electrons. The van der Waals surface area contributed by atoms with Gasteiger partial charge in [0, 0.05) is 36.3 Å². The summed E-state index contributed by atoms with van der Waals surface area (Å²) in [5, 5.41) is 3.04. The van der Waals surface area contributed by atoms with E-state index in [9.17, 15) is 13.2 Å². The van der Waals surface area contributed by atoms with Gasteiger partial charge in [0.15, 0.2) is 0 Å². The molecule has 1 N–H and O–H groups in total. The molecule has 1 aromatic carbocycles. The van der Waals surface area contributed by atoms with Gasteiger partial charge in [0.25, 0.3) is 0 Å². The van der Waals surface area contributed by atoms with Gasteiger partial charge in [0.1, 0.15) is 0 Å². The van der Waals surface area contributed by atoms with Crippen molar-refractivity contribution in [2.75, 3.05) is 44.7 Å². The lowest BCUT2D eigenvalue weighted by Gasteiger charge is -2.26. The van der Waals surface area contributed by atoms with Gasteiger partial charge in [-0.25, -0.2) is 0 Å². The maximum atomic E-state index is 12.6. The van der Waals surface area contributed by atoms with Crippen LogP contribution in [0.1, 0.15) is 5.56 Å². The third-order valence-corrected chi connectivity index (χ3v) is 3.83. The molecule has 112 valence electrons. The van der Waals surface area contributed by atoms with E-state index in [2.05, 4.69) is 26.1 Å². The number of benzene rings is 1. The van der Waals surface area contributed by atoms with Crippen LogP contribution in [-0.2, 0) is 10.9 Å². The Bertz CT molecular complexity index is 448. The number of morpholine rings is 1. The van der Waals surface area contributed by atoms with Crippen molar-refractivity contribution in [3.05, 3.63) is 28.2 Å². The Kier molecular flexibility index (Phi) is 5.29. The highest BCUT2D eigenvalue weighted by Gasteiger charge is 2.30. The number of hydrogen-bond donors (Lipinski definition) is 1. The highest BCUT2D eigenvalue weighted by molar-refractivity contribution is 9.10. The van der Waals surface area contributed by atoms with Crippen molar-refractivity contribution in [3.8, 4) is 0 Å². The standard InChI is InChI=1S/C13H16BrF3N2O/c14-11-2-1-10(13(15,16)17)9-12(11)18-3-4-19-5-7-20-8-6-19/h1-2,9,18H,3-8H2. The summed E-state index contributed by atoms with van der Waals surface area (Å²) in [5.41, 5.74) is -0.178. The number of nitrogens with zero attached hydrogens (tertiary/aromatic N) is 1. The molecule has 0 unspecified atom stereocenters. The Labute approximate surface area is 124 Å². The number of alkyl halides is 3. The number of nitrogens with one attached hydrogen (secondary N) is 1. The minimum Gasteiger partial charge on any atom is -0.383 e. The van der Waals surface area contributed by atoms with Crippen molar-refractivity contribution in [2.45, 2.75) is 6.18 Å². The summed E-state index contributed by atoms with van der Waals surface area (Å²) in [6, 6.07) is 3.61. The molecule has 0 bridgehead atoms. The minimum atomic E-state index is -4.32. The minimum absolute atomic E-state index is 0.466. The Morgan fingerprint density at radius 3 is 2.60 bits per heavy atom. The van der Waals surface area contributed by atoms with E-state index in [4.69, 9.17) is 4.74 Å². The van der Waals surface area contributed by atoms with E-state index in [1.54, 1.807) is 0 Å². The molecule has 1 aliphatic rings. The van der Waals surface area contributed by atoms with E-state index in [1.807, 2.05) is 0 Å². The van der Waals surface area contributed by atoms with Gasteiger partial charge >= 0.3 is 6.18 Å². The van der Waals surface area contributed by atoms with Crippen molar-refractivity contribution >= 4 is 21.6 Å². The summed E-state index contributed by atoms with van der Waals surface area (Å²) in [5.74, 6) is 0. The normalized spacial score (nSPS) is 17.2. The molecule has 0 aliphatic carbocycles. The Morgan fingerprint density at radius 1 is 1.25 bits per heavy atom. The van der Waals surface area contributed by atoms with Crippen molar-refractivity contribution in [1.82, 2.24) is 4.90 Å². The average molecular weight is 353 g/mol. The molecule has 0 saturated carbocycles. The van der Waals surface area contributed by atoms with Crippen LogP contribution in [0.3, 0.4) is 0 Å². The maximum absolute atomic E-state index is 12.6. The molecule has 3 nitrogen and oxygen atoms in total. The molecule has 1 saturated heterocycles. The number of halogens is 4. The molecule has 7 heteroatoms. The molecular weight excluding hydrogens is 337 g/mol. The summed E-state index contributed by atoms with van der Waals surface area (Å²) in [6.45, 7) is 4.54. The van der Waals surface area contributed by atoms with Crippen LogP contribution in [0.5, 0.6) is 0 Å². The van der Waals surface area contributed by atoms with Crippen LogP contribution in [0.25, 0.3) is 0 Å². The van der Waals surface area contributed by atoms with Gasteiger partial charge in [0.05, 0.1) is 18.8 Å². The maximum Gasteiger partial charge on any atom is 0.416 e. The predicted octanol–water partition coefficient (Wildman–Crippen LogP) is 3.21. The summed E-state index contributed by atoms with van der Waals surface area (Å²) in [7, 11) is 0. The number of hydrogen-bond acceptors (Lipinski definition) is 3. The first kappa shape index (κ1) is 15.6. The van der Waals surface area contributed by atoms with Crippen LogP contribution in [0, 0.1) is 0 Å². The molecular formula is C13H16BrF3N2O. The van der Waals surface area contributed by atoms with E-state index in [1.165, 1.54) is 6.07 Å². The van der Waals surface area contributed by atoms with Crippen molar-refractivity contribution in [2.24, 2.45) is 0 Å². The summed E-state index contributed by atoms with van der Waals surface area (Å²) < 4.78 is 43.8. The van der Waals surface area contributed by atoms with Gasteiger partial charge in [0.2, 0.25) is 0 Å². The van der Waals surface area contributed by atoms with Crippen LogP contribution in [-0.4, -0.2) is 44.3 Å². The molecule has 1 aliphatic heterocycles. The molecule has 0 atom stereocenters. The fourth-order valence-corrected chi connectivity index (χ4v) is 2.40. The van der Waals surface area contributed by atoms with E-state index in [0.717, 1.165) is 31.8 Å². The summed E-state index contributed by atoms with van der Waals surface area (Å²) >= 11 is 3.26. The predicted molar refractivity (Wildman–Crippen MR) is 74.9 cm³/mol. The van der Waals surface area contributed by atoms with Crippen LogP contribution in [0.15, 0.2) is 22.7 Å². The lowest BCUT2D eigenvalue weighted by Crippen LogP contribution is -2.39. The molecule has 20 heavy (non-hydrogen) atoms. The van der Waals surface area contributed by atoms with Gasteiger partial charge in [-0.3, -0.25) is 4.90 Å². The molecule has 1 fully saturated rings. The van der Waals surface area contributed by atoms with E-state index in [0.29, 0.717) is 29.9 Å². The molecule has 0 aromatic heterocycles. The van der Waals surface area contributed by atoms with Crippen LogP contribution in [0.4, 0.5) is 18.9 Å². The zero-order chi connectivity index (χ0) is 14.6. The first-order valence-corrected chi connectivity index (χ1v) is 7.17. The van der Waals surface area contributed by atoms with E-state index in [-0.39, 0.29) is 0 Å². The zero-order valence-corrected chi connectivity index (χ0v) is 12.4. The number of ether oxygens (including phenoxy) is 1. The highest BCUT2D eigenvalue weighted by atomic mass is 79.9. The topological polar surface area (TPSA) is 24.5 Å². The summed E-state index contributed by atoms with van der Waals surface area (Å²) in [4.78, 5) is 2.22. The van der Waals surface area contributed by atoms with Crippen molar-refractivity contribution in [3.63, 3.8) is 0 Å². The second-order valence-corrected chi connectivity index (χ2v) is 5.43. The highest BCUT2D eigenvalue weighted by Crippen LogP contribution is 2.33. The van der Waals surface area contributed by atoms with Crippen LogP contribution < -0.4 is 5.32 Å². The average Bonchev–Trinajstić information content (AvgIpc) is 2.41. The second-order valence-electron chi connectivity index (χ2n) is 4.57. The third-order valence-electron chi connectivity index (χ3n) is 3.14. The number of anilines is 1. The van der Waals surface area contributed by atoms with E-state index >= 15 is 0 Å². The molecule has 2 rings (SSSR count). The van der Waals surface area contributed by atoms with Crippen molar-refractivity contribution < 1.29 is 17.9 Å². The molecule has 1 heterocycles. The summed E-state index contributed by atoms with van der Waals surface area (Å²) in [6.07, 6.45) is -4.32. The largest absolute Gasteiger partial charge is 0.416 e. The molecule has 0 spiro atoms. The first-order valence-electron chi connectivity index (χ1n) is 6.37. The lowest BCUT2D eigenvalue weighted by atomic mass is 10.2. The lowest BCUT2D eigenvalue weighted by molar-refractivity contribution is -0.137. The Hall–Kier alpha value is -0.790. The fraction of sp³-hybridized carbons (Fsp3) is 0.538. The van der Waals surface area contributed by atoms with Gasteiger partial charge in [-0.1, -0.05) is 0 Å².